The van der Waals surface area contributed by atoms with Gasteiger partial charge in [-0.15, -0.1) is 0 Å². The molecular formula is C15H20ClNOS2. The van der Waals surface area contributed by atoms with Gasteiger partial charge in [-0.25, -0.2) is 0 Å². The quantitative estimate of drug-likeness (QED) is 0.767. The summed E-state index contributed by atoms with van der Waals surface area (Å²) in [5.74, 6) is 0. The van der Waals surface area contributed by atoms with E-state index < -0.39 is 11.2 Å². The second-order valence-electron chi connectivity index (χ2n) is 4.88. The van der Waals surface area contributed by atoms with E-state index in [2.05, 4.69) is 17.0 Å². The van der Waals surface area contributed by atoms with Gasteiger partial charge in [-0.2, -0.15) is 0 Å². The van der Waals surface area contributed by atoms with Gasteiger partial charge in [-0.3, -0.25) is 0 Å². The van der Waals surface area contributed by atoms with Crippen LogP contribution in [0.3, 0.4) is 0 Å². The molecule has 1 heterocycles. The molecule has 1 atom stereocenters. The van der Waals surface area contributed by atoms with Crippen LogP contribution in [0.4, 0.5) is 5.69 Å². The van der Waals surface area contributed by atoms with Gasteiger partial charge in [-0.1, -0.05) is 29.4 Å². The van der Waals surface area contributed by atoms with Crippen molar-refractivity contribution in [3.8, 4) is 0 Å². The summed E-state index contributed by atoms with van der Waals surface area (Å²) in [7, 11) is 0. The maximum atomic E-state index is 11.6. The number of hydrogen-bond donors (Lipinski definition) is 0. The van der Waals surface area contributed by atoms with Crippen LogP contribution in [0.15, 0.2) is 22.4 Å². The number of rotatable bonds is 4. The van der Waals surface area contributed by atoms with Crippen LogP contribution in [0.25, 0.3) is 6.08 Å². The average molecular weight is 330 g/mol. The molecule has 1 aromatic rings. The summed E-state index contributed by atoms with van der Waals surface area (Å²) in [4.78, 5) is 2.35. The monoisotopic (exact) mass is 329 g/mol. The summed E-state index contributed by atoms with van der Waals surface area (Å²) in [5.41, 5.74) is 2.13. The van der Waals surface area contributed by atoms with Crippen LogP contribution in [0.2, 0.25) is 5.02 Å². The van der Waals surface area contributed by atoms with Gasteiger partial charge in [0.15, 0.2) is 4.24 Å². The Balaban J connectivity index is 2.20. The molecule has 0 N–H and O–H groups in total. The fourth-order valence-electron chi connectivity index (χ4n) is 2.40. The lowest BCUT2D eigenvalue weighted by Crippen LogP contribution is -2.29. The van der Waals surface area contributed by atoms with Crippen LogP contribution < -0.4 is 4.90 Å². The lowest BCUT2D eigenvalue weighted by atomic mass is 10.1. The molecule has 0 bridgehead atoms. The molecular weight excluding hydrogens is 310 g/mol. The molecule has 20 heavy (non-hydrogen) atoms. The van der Waals surface area contributed by atoms with Crippen molar-refractivity contribution in [1.82, 2.24) is 0 Å². The predicted octanol–water partition coefficient (Wildman–Crippen LogP) is 4.37. The van der Waals surface area contributed by atoms with Crippen LogP contribution in [0, 0.1) is 0 Å². The lowest BCUT2D eigenvalue weighted by Gasteiger charge is -2.29. The van der Waals surface area contributed by atoms with Crippen LogP contribution in [0.5, 0.6) is 0 Å². The predicted molar refractivity (Wildman–Crippen MR) is 93.1 cm³/mol. The third-order valence-electron chi connectivity index (χ3n) is 3.44. The molecule has 110 valence electrons. The summed E-state index contributed by atoms with van der Waals surface area (Å²) in [5, 5.41) is 0.781. The molecule has 0 aromatic heterocycles. The topological polar surface area (TPSA) is 26.3 Å². The molecule has 2 nitrogen and oxygen atoms in total. The minimum absolute atomic E-state index is 0.781. The van der Waals surface area contributed by atoms with Gasteiger partial charge in [-0.05, 0) is 54.4 Å². The van der Waals surface area contributed by atoms with E-state index in [1.165, 1.54) is 31.0 Å². The molecule has 1 fully saturated rings. The molecule has 0 radical (unpaired) electrons. The Morgan fingerprint density at radius 2 is 2.05 bits per heavy atom. The second-order valence-corrected chi connectivity index (χ2v) is 7.74. The molecule has 0 aliphatic carbocycles. The summed E-state index contributed by atoms with van der Waals surface area (Å²) in [6.07, 6.45) is 9.39. The van der Waals surface area contributed by atoms with Crippen LogP contribution in [-0.2, 0) is 11.2 Å². The number of halogens is 1. The lowest BCUT2D eigenvalue weighted by molar-refractivity contribution is 0.578. The number of benzene rings is 1. The van der Waals surface area contributed by atoms with Gasteiger partial charge >= 0.3 is 0 Å². The summed E-state index contributed by atoms with van der Waals surface area (Å²) in [6, 6.07) is 6.10. The second kappa shape index (κ2) is 7.64. The third kappa shape index (κ3) is 4.10. The molecule has 5 heteroatoms. The van der Waals surface area contributed by atoms with Crippen LogP contribution in [-0.4, -0.2) is 30.2 Å². The molecule has 0 spiro atoms. The largest absolute Gasteiger partial charge is 0.611 e. The number of thioether (sulfide) groups is 1. The first kappa shape index (κ1) is 16.1. The van der Waals surface area contributed by atoms with Crippen molar-refractivity contribution < 1.29 is 4.55 Å². The molecule has 2 rings (SSSR count). The van der Waals surface area contributed by atoms with E-state index >= 15 is 0 Å². The van der Waals surface area contributed by atoms with E-state index in [1.807, 2.05) is 18.4 Å². The maximum Gasteiger partial charge on any atom is 0.186 e. The SMILES string of the molecule is CSC(=Cc1ccc(N2CCCCC2)c(Cl)c1)[S+](C)[O-]. The number of piperidine rings is 1. The minimum atomic E-state index is -0.950. The van der Waals surface area contributed by atoms with Gasteiger partial charge in [0.1, 0.15) is 6.26 Å². The number of hydrogen-bond acceptors (Lipinski definition) is 3. The standard InChI is InChI=1S/C15H20ClNOS2/c1-19-15(20(2)18)11-12-6-7-14(13(16)10-12)17-8-4-3-5-9-17/h6-7,10-11H,3-5,8-9H2,1-2H3. The molecule has 0 amide bonds. The normalized spacial score (nSPS) is 18.2. The van der Waals surface area contributed by atoms with Crippen LogP contribution >= 0.6 is 23.4 Å². The first-order chi connectivity index (χ1) is 9.61. The van der Waals surface area contributed by atoms with Crippen molar-refractivity contribution in [3.63, 3.8) is 0 Å². The van der Waals surface area contributed by atoms with Gasteiger partial charge in [0.05, 0.1) is 10.7 Å². The Labute approximate surface area is 133 Å². The van der Waals surface area contributed by atoms with Crippen molar-refractivity contribution in [3.05, 3.63) is 33.0 Å². The van der Waals surface area contributed by atoms with E-state index in [4.69, 9.17) is 11.6 Å². The third-order valence-corrected chi connectivity index (χ3v) is 6.15. The van der Waals surface area contributed by atoms with E-state index in [9.17, 15) is 4.55 Å². The molecule has 0 saturated carbocycles. The highest BCUT2D eigenvalue weighted by atomic mass is 35.5. The highest BCUT2D eigenvalue weighted by Crippen LogP contribution is 2.31. The number of nitrogens with zero attached hydrogens (tertiary/aromatic N) is 1. The van der Waals surface area contributed by atoms with E-state index in [0.717, 1.165) is 33.6 Å². The van der Waals surface area contributed by atoms with Crippen molar-refractivity contribution in [2.45, 2.75) is 19.3 Å². The highest BCUT2D eigenvalue weighted by molar-refractivity contribution is 8.18. The highest BCUT2D eigenvalue weighted by Gasteiger charge is 2.14. The van der Waals surface area contributed by atoms with Gasteiger partial charge in [0.2, 0.25) is 0 Å². The van der Waals surface area contributed by atoms with Crippen molar-refractivity contribution in [2.24, 2.45) is 0 Å². The molecule has 1 saturated heterocycles. The number of anilines is 1. The maximum absolute atomic E-state index is 11.6. The average Bonchev–Trinajstić information content (AvgIpc) is 2.45. The Kier molecular flexibility index (Phi) is 6.15. The van der Waals surface area contributed by atoms with Gasteiger partial charge in [0, 0.05) is 19.2 Å². The van der Waals surface area contributed by atoms with Crippen molar-refractivity contribution >= 4 is 46.3 Å². The first-order valence-electron chi connectivity index (χ1n) is 6.75. The molecule has 1 unspecified atom stereocenters. The Hall–Kier alpha value is -0.290. The summed E-state index contributed by atoms with van der Waals surface area (Å²) < 4.78 is 12.4. The van der Waals surface area contributed by atoms with E-state index in [-0.39, 0.29) is 0 Å². The minimum Gasteiger partial charge on any atom is -0.611 e. The van der Waals surface area contributed by atoms with Gasteiger partial charge < -0.3 is 9.45 Å². The van der Waals surface area contributed by atoms with Gasteiger partial charge in [0.25, 0.3) is 0 Å². The molecule has 1 aliphatic rings. The smallest absolute Gasteiger partial charge is 0.186 e. The summed E-state index contributed by atoms with van der Waals surface area (Å²) >= 11 is 6.98. The molecule has 1 aromatic carbocycles. The zero-order valence-corrected chi connectivity index (χ0v) is 14.3. The Morgan fingerprint density at radius 1 is 1.35 bits per heavy atom. The zero-order chi connectivity index (χ0) is 14.5. The van der Waals surface area contributed by atoms with E-state index in [1.54, 1.807) is 6.26 Å². The zero-order valence-electron chi connectivity index (χ0n) is 11.9. The fraction of sp³-hybridized carbons (Fsp3) is 0.467. The Bertz CT molecular complexity index is 485. The van der Waals surface area contributed by atoms with E-state index in [0.29, 0.717) is 0 Å². The molecule has 1 aliphatic heterocycles. The van der Waals surface area contributed by atoms with Crippen molar-refractivity contribution in [2.75, 3.05) is 30.5 Å². The first-order valence-corrected chi connectivity index (χ1v) is 9.91. The fourth-order valence-corrected chi connectivity index (χ4v) is 4.20. The summed E-state index contributed by atoms with van der Waals surface area (Å²) in [6.45, 7) is 2.17. The Morgan fingerprint density at radius 3 is 2.60 bits per heavy atom. The van der Waals surface area contributed by atoms with Crippen molar-refractivity contribution in [1.29, 1.82) is 0 Å². The van der Waals surface area contributed by atoms with Crippen LogP contribution in [0.1, 0.15) is 24.8 Å².